The van der Waals surface area contributed by atoms with E-state index in [2.05, 4.69) is 178 Å². The molecule has 1 aliphatic heterocycles. The van der Waals surface area contributed by atoms with Gasteiger partial charge in [-0.2, -0.15) is 0 Å². The molecule has 0 radical (unpaired) electrons. The maximum Gasteiger partial charge on any atom is 0.336 e. The fourth-order valence-corrected chi connectivity index (χ4v) is 8.74. The molecule has 0 saturated carbocycles. The summed E-state index contributed by atoms with van der Waals surface area (Å²) in [6.45, 7) is 10.5. The van der Waals surface area contributed by atoms with E-state index < -0.39 is 5.60 Å². The molecule has 1 aliphatic rings. The van der Waals surface area contributed by atoms with E-state index in [0.29, 0.717) is 6.42 Å². The van der Waals surface area contributed by atoms with Crippen LogP contribution in [0.2, 0.25) is 0 Å². The third kappa shape index (κ3) is 9.42. The summed E-state index contributed by atoms with van der Waals surface area (Å²) in [4.78, 5) is 19.5. The van der Waals surface area contributed by atoms with Gasteiger partial charge >= 0.3 is 5.97 Å². The molecule has 0 N–H and O–H groups in total. The number of rotatable bonds is 14. The highest BCUT2D eigenvalue weighted by Crippen LogP contribution is 2.52. The summed E-state index contributed by atoms with van der Waals surface area (Å²) in [5.41, 5.74) is 6.07. The summed E-state index contributed by atoms with van der Waals surface area (Å²) in [6.07, 6.45) is 4.17. The molecule has 6 rings (SSSR count). The lowest BCUT2D eigenvalue weighted by atomic mass is 9.70. The van der Waals surface area contributed by atoms with Gasteiger partial charge in [-0.1, -0.05) is 167 Å². The average molecular weight is 694 g/mol. The van der Waals surface area contributed by atoms with E-state index in [9.17, 15) is 4.79 Å². The van der Waals surface area contributed by atoms with E-state index in [-0.39, 0.29) is 17.3 Å². The second-order valence-corrected chi connectivity index (χ2v) is 16.1. The number of hydrogen-bond acceptors (Lipinski definition) is 4. The summed E-state index contributed by atoms with van der Waals surface area (Å²) < 4.78 is 6.73. The number of ether oxygens (including phenoxy) is 1. The highest BCUT2D eigenvalue weighted by Gasteiger charge is 2.46. The van der Waals surface area contributed by atoms with Crippen molar-refractivity contribution in [3.8, 4) is 0 Å². The minimum Gasteiger partial charge on any atom is -0.455 e. The molecule has 0 aromatic heterocycles. The molecule has 3 nitrogen and oxygen atoms in total. The summed E-state index contributed by atoms with van der Waals surface area (Å²) in [5.74, 6) is -0.336. The monoisotopic (exact) mass is 693 g/mol. The Kier molecular flexibility index (Phi) is 11.8. The van der Waals surface area contributed by atoms with Crippen LogP contribution < -0.4 is 4.90 Å². The van der Waals surface area contributed by atoms with Gasteiger partial charge in [-0.25, -0.2) is 4.79 Å². The molecule has 5 aromatic rings. The maximum absolute atomic E-state index is 14.8. The summed E-state index contributed by atoms with van der Waals surface area (Å²) in [6, 6.07) is 51.3. The van der Waals surface area contributed by atoms with Crippen LogP contribution >= 0.6 is 11.8 Å². The molecule has 262 valence electrons. The van der Waals surface area contributed by atoms with E-state index in [0.717, 1.165) is 65.4 Å². The number of esters is 1. The number of carbonyl (C=O) groups is 1. The Labute approximate surface area is 309 Å². The number of anilines is 1. The molecular formula is C47H51NO2S. The molecule has 0 bridgehead atoms. The molecule has 4 heteroatoms. The highest BCUT2D eigenvalue weighted by molar-refractivity contribution is 8.03. The van der Waals surface area contributed by atoms with Gasteiger partial charge in [0.15, 0.2) is 0 Å². The van der Waals surface area contributed by atoms with E-state index >= 15 is 0 Å². The third-order valence-electron chi connectivity index (χ3n) is 9.87. The Bertz CT molecular complexity index is 1840. The van der Waals surface area contributed by atoms with Crippen LogP contribution in [0.4, 0.5) is 5.69 Å². The van der Waals surface area contributed by atoms with Crippen molar-refractivity contribution in [1.82, 2.24) is 0 Å². The first-order valence-corrected chi connectivity index (χ1v) is 19.2. The van der Waals surface area contributed by atoms with E-state index in [1.54, 1.807) is 11.8 Å². The van der Waals surface area contributed by atoms with Crippen molar-refractivity contribution >= 4 is 23.4 Å². The van der Waals surface area contributed by atoms with Crippen molar-refractivity contribution in [2.75, 3.05) is 4.90 Å². The number of hydrogen-bond donors (Lipinski definition) is 0. The fraction of sp³-hybridized carbons (Fsp3) is 0.298. The molecule has 1 heterocycles. The minimum atomic E-state index is -0.547. The van der Waals surface area contributed by atoms with Crippen LogP contribution in [-0.4, -0.2) is 11.6 Å². The maximum atomic E-state index is 14.8. The Morgan fingerprint density at radius 1 is 0.706 bits per heavy atom. The van der Waals surface area contributed by atoms with Gasteiger partial charge in [-0.15, -0.1) is 0 Å². The molecule has 0 unspecified atom stereocenters. The molecule has 0 spiro atoms. The first kappa shape index (κ1) is 36.3. The van der Waals surface area contributed by atoms with Crippen LogP contribution in [0.1, 0.15) is 81.5 Å². The first-order chi connectivity index (χ1) is 24.7. The zero-order valence-corrected chi connectivity index (χ0v) is 31.4. The number of aryl methyl sites for hydroxylation is 1. The first-order valence-electron chi connectivity index (χ1n) is 18.4. The lowest BCUT2D eigenvalue weighted by molar-refractivity contribution is -0.159. The quantitative estimate of drug-likeness (QED) is 0.108. The molecule has 0 amide bonds. The van der Waals surface area contributed by atoms with Crippen molar-refractivity contribution in [2.24, 2.45) is 5.41 Å². The number of thioether (sulfide) groups is 1. The molecular weight excluding hydrogens is 643 g/mol. The van der Waals surface area contributed by atoms with Gasteiger partial charge in [-0.05, 0) is 71.2 Å². The van der Waals surface area contributed by atoms with Gasteiger partial charge in [0.25, 0.3) is 0 Å². The largest absolute Gasteiger partial charge is 0.455 e. The lowest BCUT2D eigenvalue weighted by Gasteiger charge is -2.43. The molecule has 2 atom stereocenters. The summed E-state index contributed by atoms with van der Waals surface area (Å²) in [7, 11) is 0. The predicted octanol–water partition coefficient (Wildman–Crippen LogP) is 12.2. The number of cyclic esters (lactones) is 1. The van der Waals surface area contributed by atoms with Crippen LogP contribution in [0.15, 0.2) is 161 Å². The van der Waals surface area contributed by atoms with Crippen molar-refractivity contribution < 1.29 is 9.53 Å². The summed E-state index contributed by atoms with van der Waals surface area (Å²) >= 11 is 1.75. The second-order valence-electron chi connectivity index (χ2n) is 15.0. The number of nitrogens with zero attached hydrogens (tertiary/aromatic N) is 1. The summed E-state index contributed by atoms with van der Waals surface area (Å²) in [5, 5.41) is 0. The van der Waals surface area contributed by atoms with Crippen LogP contribution in [0.3, 0.4) is 0 Å². The zero-order chi connectivity index (χ0) is 35.7. The van der Waals surface area contributed by atoms with Crippen LogP contribution in [-0.2, 0) is 29.0 Å². The Hall–Kier alpha value is -4.54. The van der Waals surface area contributed by atoms with E-state index in [1.165, 1.54) is 16.7 Å². The number of benzene rings is 5. The molecule has 0 aliphatic carbocycles. The zero-order valence-electron chi connectivity index (χ0n) is 30.6. The van der Waals surface area contributed by atoms with Crippen molar-refractivity contribution in [3.63, 3.8) is 0 Å². The van der Waals surface area contributed by atoms with Crippen LogP contribution in [0, 0.1) is 5.41 Å². The number of carbonyl (C=O) groups excluding carboxylic acids is 1. The Morgan fingerprint density at radius 3 is 1.80 bits per heavy atom. The SMILES string of the molecule is CCC[C@@]1(CCc2ccccc2)CC(Sc2ccccc2)=C([C@@H](c2cccc(N(Cc3ccccc3)Cc3ccccc3)c2)C(C)(C)C)C(=O)O1. The Morgan fingerprint density at radius 2 is 1.25 bits per heavy atom. The highest BCUT2D eigenvalue weighted by atomic mass is 32.2. The molecule has 0 fully saturated rings. The topological polar surface area (TPSA) is 29.5 Å². The molecule has 5 aromatic carbocycles. The van der Waals surface area contributed by atoms with Gasteiger partial charge in [0.05, 0.1) is 5.57 Å². The second kappa shape index (κ2) is 16.7. The average Bonchev–Trinajstić information content (AvgIpc) is 3.13. The van der Waals surface area contributed by atoms with Crippen LogP contribution in [0.5, 0.6) is 0 Å². The Balaban J connectivity index is 1.43. The third-order valence-corrected chi connectivity index (χ3v) is 11.0. The molecule has 0 saturated heterocycles. The van der Waals surface area contributed by atoms with Gasteiger partial charge in [-0.3, -0.25) is 0 Å². The fourth-order valence-electron chi connectivity index (χ4n) is 7.51. The minimum absolute atomic E-state index is 0.166. The standard InChI is InChI=1S/C47H51NO2S/c1-5-30-47(31-29-36-19-10-6-11-20-36)33-42(51-41-27-16-9-17-28-41)43(45(49)50-47)44(46(2,3)4)39-25-18-26-40(32-39)48(34-37-21-12-7-13-22-37)35-38-23-14-8-15-24-38/h6-28,32,44H,5,29-31,33-35H2,1-4H3/t44-,47-/m1/s1. The molecule has 51 heavy (non-hydrogen) atoms. The van der Waals surface area contributed by atoms with E-state index in [1.807, 2.05) is 0 Å². The van der Waals surface area contributed by atoms with Crippen molar-refractivity contribution in [1.29, 1.82) is 0 Å². The van der Waals surface area contributed by atoms with Crippen LogP contribution in [0.25, 0.3) is 0 Å². The smallest absolute Gasteiger partial charge is 0.336 e. The predicted molar refractivity (Wildman–Crippen MR) is 214 cm³/mol. The van der Waals surface area contributed by atoms with Crippen molar-refractivity contribution in [3.05, 3.63) is 178 Å². The van der Waals surface area contributed by atoms with Gasteiger partial charge < -0.3 is 9.64 Å². The lowest BCUT2D eigenvalue weighted by Crippen LogP contribution is -2.42. The van der Waals surface area contributed by atoms with Gasteiger partial charge in [0.2, 0.25) is 0 Å². The van der Waals surface area contributed by atoms with Crippen molar-refractivity contribution in [2.45, 2.75) is 89.3 Å². The van der Waals surface area contributed by atoms with Gasteiger partial charge in [0, 0.05) is 40.9 Å². The normalized spacial score (nSPS) is 16.8. The van der Waals surface area contributed by atoms with Gasteiger partial charge in [0.1, 0.15) is 5.60 Å². The van der Waals surface area contributed by atoms with E-state index in [4.69, 9.17) is 4.74 Å².